The van der Waals surface area contributed by atoms with Crippen molar-refractivity contribution in [2.45, 2.75) is 19.9 Å². The molecule has 1 atom stereocenters. The van der Waals surface area contributed by atoms with Gasteiger partial charge in [0.1, 0.15) is 6.04 Å². The van der Waals surface area contributed by atoms with Crippen LogP contribution in [0.4, 0.5) is 5.69 Å². The Morgan fingerprint density at radius 1 is 1.50 bits per heavy atom. The highest BCUT2D eigenvalue weighted by Gasteiger charge is 2.17. The van der Waals surface area contributed by atoms with Crippen LogP contribution in [0.1, 0.15) is 24.2 Å². The maximum absolute atomic E-state index is 11.8. The molecular formula is C12H15ClN2O3. The molecule has 0 bridgehead atoms. The Kier molecular flexibility index (Phi) is 4.97. The lowest BCUT2D eigenvalue weighted by molar-refractivity contribution is -0.144. The highest BCUT2D eigenvalue weighted by atomic mass is 35.5. The zero-order valence-corrected chi connectivity index (χ0v) is 11.0. The molecule has 18 heavy (non-hydrogen) atoms. The third kappa shape index (κ3) is 3.63. The SMILES string of the molecule is CCOC(=O)C(C)NC(=O)c1ccc(N)c(Cl)c1. The minimum Gasteiger partial charge on any atom is -0.464 e. The number of nitrogen functional groups attached to an aromatic ring is 1. The number of benzene rings is 1. The molecular weight excluding hydrogens is 256 g/mol. The molecule has 6 heteroatoms. The van der Waals surface area contributed by atoms with Crippen molar-refractivity contribution in [2.24, 2.45) is 0 Å². The van der Waals surface area contributed by atoms with Gasteiger partial charge < -0.3 is 15.8 Å². The number of anilines is 1. The maximum Gasteiger partial charge on any atom is 0.328 e. The normalized spacial score (nSPS) is 11.7. The van der Waals surface area contributed by atoms with Gasteiger partial charge in [0.05, 0.1) is 17.3 Å². The van der Waals surface area contributed by atoms with E-state index < -0.39 is 17.9 Å². The molecule has 5 nitrogen and oxygen atoms in total. The number of hydrogen-bond acceptors (Lipinski definition) is 4. The molecule has 3 N–H and O–H groups in total. The molecule has 0 spiro atoms. The van der Waals surface area contributed by atoms with Gasteiger partial charge in [0.15, 0.2) is 0 Å². The van der Waals surface area contributed by atoms with E-state index in [1.807, 2.05) is 0 Å². The van der Waals surface area contributed by atoms with Gasteiger partial charge in [-0.05, 0) is 32.0 Å². The van der Waals surface area contributed by atoms with E-state index in [-0.39, 0.29) is 6.61 Å². The van der Waals surface area contributed by atoms with Gasteiger partial charge >= 0.3 is 5.97 Å². The van der Waals surface area contributed by atoms with Crippen LogP contribution in [0.3, 0.4) is 0 Å². The molecule has 0 aromatic heterocycles. The Morgan fingerprint density at radius 2 is 2.17 bits per heavy atom. The molecule has 0 aliphatic rings. The largest absolute Gasteiger partial charge is 0.464 e. The fourth-order valence-electron chi connectivity index (χ4n) is 1.27. The second-order valence-electron chi connectivity index (χ2n) is 3.68. The fourth-order valence-corrected chi connectivity index (χ4v) is 1.46. The van der Waals surface area contributed by atoms with E-state index in [0.29, 0.717) is 16.3 Å². The minimum absolute atomic E-state index is 0.271. The molecule has 1 aromatic carbocycles. The average Bonchev–Trinajstić information content (AvgIpc) is 2.32. The standard InChI is InChI=1S/C12H15ClN2O3/c1-3-18-12(17)7(2)15-11(16)8-4-5-10(14)9(13)6-8/h4-7H,3,14H2,1-2H3,(H,15,16). The van der Waals surface area contributed by atoms with Gasteiger partial charge in [0.2, 0.25) is 0 Å². The summed E-state index contributed by atoms with van der Waals surface area (Å²) in [7, 11) is 0. The van der Waals surface area contributed by atoms with Gasteiger partial charge in [0.25, 0.3) is 5.91 Å². The van der Waals surface area contributed by atoms with Crippen molar-refractivity contribution in [3.63, 3.8) is 0 Å². The number of esters is 1. The summed E-state index contributed by atoms with van der Waals surface area (Å²) < 4.78 is 4.78. The van der Waals surface area contributed by atoms with Crippen molar-refractivity contribution in [2.75, 3.05) is 12.3 Å². The summed E-state index contributed by atoms with van der Waals surface area (Å²) in [6.45, 7) is 3.52. The maximum atomic E-state index is 11.8. The first-order chi connectivity index (χ1) is 8.45. The van der Waals surface area contributed by atoms with Crippen LogP contribution in [-0.4, -0.2) is 24.5 Å². The first-order valence-corrected chi connectivity index (χ1v) is 5.86. The summed E-state index contributed by atoms with van der Waals surface area (Å²) in [6.07, 6.45) is 0. The highest BCUT2D eigenvalue weighted by molar-refractivity contribution is 6.33. The van der Waals surface area contributed by atoms with E-state index in [0.717, 1.165) is 0 Å². The Labute approximate surface area is 110 Å². The number of carbonyl (C=O) groups excluding carboxylic acids is 2. The zero-order chi connectivity index (χ0) is 13.7. The molecule has 1 aromatic rings. The van der Waals surface area contributed by atoms with Crippen molar-refractivity contribution >= 4 is 29.2 Å². The third-order valence-corrected chi connectivity index (χ3v) is 2.58. The molecule has 1 rings (SSSR count). The van der Waals surface area contributed by atoms with E-state index in [1.165, 1.54) is 18.2 Å². The number of nitrogens with two attached hydrogens (primary N) is 1. The van der Waals surface area contributed by atoms with Gasteiger partial charge in [-0.15, -0.1) is 0 Å². The van der Waals surface area contributed by atoms with Crippen LogP contribution in [0, 0.1) is 0 Å². The summed E-state index contributed by atoms with van der Waals surface area (Å²) in [6, 6.07) is 3.80. The number of amides is 1. The van der Waals surface area contributed by atoms with Crippen LogP contribution in [-0.2, 0) is 9.53 Å². The lowest BCUT2D eigenvalue weighted by Crippen LogP contribution is -2.39. The average molecular weight is 271 g/mol. The van der Waals surface area contributed by atoms with E-state index in [2.05, 4.69) is 5.32 Å². The molecule has 0 radical (unpaired) electrons. The molecule has 0 heterocycles. The molecule has 98 valence electrons. The predicted octanol–water partition coefficient (Wildman–Crippen LogP) is 1.60. The van der Waals surface area contributed by atoms with Crippen LogP contribution in [0.25, 0.3) is 0 Å². The highest BCUT2D eigenvalue weighted by Crippen LogP contribution is 2.19. The number of carbonyl (C=O) groups is 2. The van der Waals surface area contributed by atoms with E-state index in [4.69, 9.17) is 22.1 Å². The Morgan fingerprint density at radius 3 is 2.72 bits per heavy atom. The topological polar surface area (TPSA) is 81.4 Å². The third-order valence-electron chi connectivity index (χ3n) is 2.25. The number of hydrogen-bond donors (Lipinski definition) is 2. The van der Waals surface area contributed by atoms with Gasteiger partial charge in [-0.2, -0.15) is 0 Å². The quantitative estimate of drug-likeness (QED) is 0.643. The van der Waals surface area contributed by atoms with Gasteiger partial charge in [-0.1, -0.05) is 11.6 Å². The van der Waals surface area contributed by atoms with Crippen molar-refractivity contribution in [3.05, 3.63) is 28.8 Å². The first kappa shape index (κ1) is 14.3. The molecule has 1 amide bonds. The molecule has 1 unspecified atom stereocenters. The first-order valence-electron chi connectivity index (χ1n) is 5.48. The Bertz CT molecular complexity index is 463. The molecule has 0 fully saturated rings. The summed E-state index contributed by atoms with van der Waals surface area (Å²) in [4.78, 5) is 23.2. The molecule has 0 aliphatic carbocycles. The second-order valence-corrected chi connectivity index (χ2v) is 4.09. The molecule has 0 aliphatic heterocycles. The number of rotatable bonds is 4. The zero-order valence-electron chi connectivity index (χ0n) is 10.2. The van der Waals surface area contributed by atoms with Gasteiger partial charge in [0, 0.05) is 5.56 Å². The number of halogens is 1. The van der Waals surface area contributed by atoms with Crippen molar-refractivity contribution in [1.29, 1.82) is 0 Å². The van der Waals surface area contributed by atoms with Crippen LogP contribution in [0.2, 0.25) is 5.02 Å². The Hall–Kier alpha value is -1.75. The minimum atomic E-state index is -0.714. The van der Waals surface area contributed by atoms with Crippen molar-refractivity contribution < 1.29 is 14.3 Å². The smallest absolute Gasteiger partial charge is 0.328 e. The van der Waals surface area contributed by atoms with Crippen molar-refractivity contribution in [3.8, 4) is 0 Å². The van der Waals surface area contributed by atoms with E-state index >= 15 is 0 Å². The summed E-state index contributed by atoms with van der Waals surface area (Å²) in [5.41, 5.74) is 6.27. The van der Waals surface area contributed by atoms with Crippen LogP contribution in [0.5, 0.6) is 0 Å². The lowest BCUT2D eigenvalue weighted by atomic mass is 10.2. The second kappa shape index (κ2) is 6.26. The van der Waals surface area contributed by atoms with E-state index in [1.54, 1.807) is 13.8 Å². The summed E-state index contributed by atoms with van der Waals surface area (Å²) in [5, 5.41) is 2.81. The predicted molar refractivity (Wildman–Crippen MR) is 69.4 cm³/mol. The van der Waals surface area contributed by atoms with E-state index in [9.17, 15) is 9.59 Å². The monoisotopic (exact) mass is 270 g/mol. The number of ether oxygens (including phenoxy) is 1. The lowest BCUT2D eigenvalue weighted by Gasteiger charge is -2.12. The molecule has 0 saturated carbocycles. The van der Waals surface area contributed by atoms with Gasteiger partial charge in [-0.3, -0.25) is 4.79 Å². The van der Waals surface area contributed by atoms with Crippen LogP contribution >= 0.6 is 11.6 Å². The summed E-state index contributed by atoms with van der Waals surface area (Å²) >= 11 is 5.81. The Balaban J connectivity index is 2.70. The molecule has 0 saturated heterocycles. The fraction of sp³-hybridized carbons (Fsp3) is 0.333. The summed E-state index contributed by atoms with van der Waals surface area (Å²) in [5.74, 6) is -0.884. The van der Waals surface area contributed by atoms with Crippen LogP contribution in [0.15, 0.2) is 18.2 Å². The van der Waals surface area contributed by atoms with Gasteiger partial charge in [-0.25, -0.2) is 4.79 Å². The van der Waals surface area contributed by atoms with Crippen LogP contribution < -0.4 is 11.1 Å². The van der Waals surface area contributed by atoms with Crippen molar-refractivity contribution in [1.82, 2.24) is 5.32 Å². The number of nitrogens with one attached hydrogen (secondary N) is 1.